The van der Waals surface area contributed by atoms with Gasteiger partial charge in [-0.05, 0) is 22.4 Å². The van der Waals surface area contributed by atoms with Gasteiger partial charge in [-0.2, -0.15) is 0 Å². The van der Waals surface area contributed by atoms with E-state index in [-0.39, 0.29) is 15.3 Å². The molecule has 0 spiro atoms. The summed E-state index contributed by atoms with van der Waals surface area (Å²) in [6.07, 6.45) is 2.94. The van der Waals surface area contributed by atoms with Crippen molar-refractivity contribution >= 4 is 31.9 Å². The van der Waals surface area contributed by atoms with Gasteiger partial charge in [0.1, 0.15) is 4.90 Å². The third kappa shape index (κ3) is 4.11. The zero-order valence-corrected chi connectivity index (χ0v) is 12.3. The molecule has 1 aromatic rings. The number of sulfonamides is 1. The van der Waals surface area contributed by atoms with Gasteiger partial charge in [0.2, 0.25) is 10.0 Å². The van der Waals surface area contributed by atoms with Crippen molar-refractivity contribution in [3.63, 3.8) is 0 Å². The molecule has 0 aliphatic rings. The summed E-state index contributed by atoms with van der Waals surface area (Å²) in [4.78, 5) is 11.4. The van der Waals surface area contributed by atoms with E-state index < -0.39 is 15.9 Å². The lowest BCUT2D eigenvalue weighted by atomic mass is 10.2. The van der Waals surface area contributed by atoms with E-state index in [0.29, 0.717) is 6.54 Å². The van der Waals surface area contributed by atoms with Gasteiger partial charge in [0.25, 0.3) is 5.91 Å². The molecule has 1 heterocycles. The van der Waals surface area contributed by atoms with Crippen LogP contribution in [0.3, 0.4) is 0 Å². The summed E-state index contributed by atoms with van der Waals surface area (Å²) in [5, 5.41) is 7.60. The van der Waals surface area contributed by atoms with Crippen LogP contribution < -0.4 is 10.5 Å². The number of hydrogen-bond donors (Lipinski definition) is 2. The fourth-order valence-corrected chi connectivity index (χ4v) is 2.82. The minimum Gasteiger partial charge on any atom is -0.443 e. The largest absolute Gasteiger partial charge is 0.443 e. The second-order valence-electron chi connectivity index (χ2n) is 3.76. The van der Waals surface area contributed by atoms with E-state index in [9.17, 15) is 13.2 Å². The van der Waals surface area contributed by atoms with Crippen molar-refractivity contribution in [2.75, 3.05) is 6.54 Å². The molecule has 0 atom stereocenters. The van der Waals surface area contributed by atoms with Gasteiger partial charge in [-0.25, -0.2) is 13.6 Å². The maximum atomic E-state index is 11.6. The monoisotopic (exact) mass is 338 g/mol. The highest BCUT2D eigenvalue weighted by Crippen LogP contribution is 2.24. The van der Waals surface area contributed by atoms with Crippen LogP contribution in [0.4, 0.5) is 0 Å². The van der Waals surface area contributed by atoms with Crippen molar-refractivity contribution in [2.24, 2.45) is 5.14 Å². The molecular formula is C10H15BrN2O4S. The Morgan fingerprint density at radius 1 is 1.50 bits per heavy atom. The fraction of sp³-hybridized carbons (Fsp3) is 0.500. The molecule has 1 aromatic heterocycles. The predicted molar refractivity (Wildman–Crippen MR) is 69.6 cm³/mol. The van der Waals surface area contributed by atoms with Crippen molar-refractivity contribution < 1.29 is 17.6 Å². The fourth-order valence-electron chi connectivity index (χ4n) is 1.32. The molecule has 102 valence electrons. The van der Waals surface area contributed by atoms with Crippen molar-refractivity contribution in [2.45, 2.75) is 31.1 Å². The topological polar surface area (TPSA) is 102 Å². The molecule has 8 heteroatoms. The number of unbranched alkanes of at least 4 members (excludes halogenated alkanes) is 2. The normalized spacial score (nSPS) is 11.5. The molecule has 0 aliphatic heterocycles. The van der Waals surface area contributed by atoms with Crippen LogP contribution in [0.5, 0.6) is 0 Å². The lowest BCUT2D eigenvalue weighted by molar-refractivity contribution is 0.0924. The highest BCUT2D eigenvalue weighted by molar-refractivity contribution is 9.10. The van der Waals surface area contributed by atoms with Crippen molar-refractivity contribution in [3.8, 4) is 0 Å². The Labute approximate surface area is 114 Å². The van der Waals surface area contributed by atoms with Crippen LogP contribution in [-0.2, 0) is 10.0 Å². The summed E-state index contributed by atoms with van der Waals surface area (Å²) in [7, 11) is -3.90. The Morgan fingerprint density at radius 2 is 2.17 bits per heavy atom. The molecule has 0 unspecified atom stereocenters. The first kappa shape index (κ1) is 15.2. The predicted octanol–water partition coefficient (Wildman–Crippen LogP) is 1.61. The Balaban J connectivity index is 2.71. The zero-order chi connectivity index (χ0) is 13.8. The Bertz CT molecular complexity index is 524. The van der Waals surface area contributed by atoms with Crippen LogP contribution in [0.15, 0.2) is 20.0 Å². The first-order valence-corrected chi connectivity index (χ1v) is 7.80. The summed E-state index contributed by atoms with van der Waals surface area (Å²) in [5.41, 5.74) is 0. The summed E-state index contributed by atoms with van der Waals surface area (Å²) < 4.78 is 27.2. The second kappa shape index (κ2) is 6.35. The number of carbonyl (C=O) groups excluding carboxylic acids is 1. The molecule has 0 radical (unpaired) electrons. The molecule has 6 nitrogen and oxygen atoms in total. The van der Waals surface area contributed by atoms with Crippen LogP contribution in [-0.4, -0.2) is 20.9 Å². The molecule has 0 saturated heterocycles. The molecular weight excluding hydrogens is 324 g/mol. The number of hydrogen-bond acceptors (Lipinski definition) is 4. The smallest absolute Gasteiger partial charge is 0.287 e. The third-order valence-electron chi connectivity index (χ3n) is 2.25. The number of carbonyl (C=O) groups is 1. The van der Waals surface area contributed by atoms with E-state index in [4.69, 9.17) is 9.56 Å². The van der Waals surface area contributed by atoms with E-state index in [2.05, 4.69) is 28.2 Å². The number of primary sulfonamides is 1. The minimum absolute atomic E-state index is 0.0660. The van der Waals surface area contributed by atoms with E-state index in [1.165, 1.54) is 0 Å². The number of halogens is 1. The molecule has 3 N–H and O–H groups in total. The van der Waals surface area contributed by atoms with Crippen molar-refractivity contribution in [1.82, 2.24) is 5.32 Å². The van der Waals surface area contributed by atoms with Crippen molar-refractivity contribution in [3.05, 3.63) is 16.5 Å². The van der Waals surface area contributed by atoms with E-state index >= 15 is 0 Å². The Morgan fingerprint density at radius 3 is 2.67 bits per heavy atom. The van der Waals surface area contributed by atoms with E-state index in [0.717, 1.165) is 25.3 Å². The molecule has 0 fully saturated rings. The standard InChI is InChI=1S/C10H15BrN2O4S/c1-2-3-4-5-13-10(14)7-6-8(9(11)17-7)18(12,15)16/h6H,2-5H2,1H3,(H,13,14)(H2,12,15,16). The van der Waals surface area contributed by atoms with E-state index in [1.807, 2.05) is 0 Å². The number of amides is 1. The lowest BCUT2D eigenvalue weighted by Crippen LogP contribution is -2.24. The molecule has 0 aliphatic carbocycles. The summed E-state index contributed by atoms with van der Waals surface area (Å²) >= 11 is 2.91. The lowest BCUT2D eigenvalue weighted by Gasteiger charge is -2.01. The molecule has 0 bridgehead atoms. The van der Waals surface area contributed by atoms with Crippen LogP contribution in [0.1, 0.15) is 36.7 Å². The highest BCUT2D eigenvalue weighted by Gasteiger charge is 2.21. The minimum atomic E-state index is -3.90. The van der Waals surface area contributed by atoms with Gasteiger partial charge < -0.3 is 9.73 Å². The Kier molecular flexibility index (Phi) is 5.36. The van der Waals surface area contributed by atoms with E-state index in [1.54, 1.807) is 0 Å². The average molecular weight is 339 g/mol. The van der Waals surface area contributed by atoms with Gasteiger partial charge in [-0.3, -0.25) is 4.79 Å². The summed E-state index contributed by atoms with van der Waals surface area (Å²) in [6, 6.07) is 1.11. The van der Waals surface area contributed by atoms with Gasteiger partial charge in [-0.1, -0.05) is 19.8 Å². The van der Waals surface area contributed by atoms with Gasteiger partial charge in [-0.15, -0.1) is 0 Å². The molecule has 0 aromatic carbocycles. The first-order chi connectivity index (χ1) is 8.36. The summed E-state index contributed by atoms with van der Waals surface area (Å²) in [6.45, 7) is 2.58. The number of rotatable bonds is 6. The zero-order valence-electron chi connectivity index (χ0n) is 9.90. The van der Waals surface area contributed by atoms with Gasteiger partial charge in [0.15, 0.2) is 10.4 Å². The second-order valence-corrected chi connectivity index (χ2v) is 6.01. The van der Waals surface area contributed by atoms with Gasteiger partial charge in [0, 0.05) is 12.6 Å². The van der Waals surface area contributed by atoms with Crippen LogP contribution in [0.25, 0.3) is 0 Å². The highest BCUT2D eigenvalue weighted by atomic mass is 79.9. The van der Waals surface area contributed by atoms with Crippen LogP contribution in [0, 0.1) is 0 Å². The number of furan rings is 1. The molecule has 1 amide bonds. The number of nitrogens with one attached hydrogen (secondary N) is 1. The SMILES string of the molecule is CCCCCNC(=O)c1cc(S(N)(=O)=O)c(Br)o1. The molecule has 18 heavy (non-hydrogen) atoms. The summed E-state index contributed by atoms with van der Waals surface area (Å²) in [5.74, 6) is -0.538. The number of nitrogens with two attached hydrogens (primary N) is 1. The van der Waals surface area contributed by atoms with Crippen molar-refractivity contribution in [1.29, 1.82) is 0 Å². The first-order valence-electron chi connectivity index (χ1n) is 5.46. The van der Waals surface area contributed by atoms with Gasteiger partial charge in [0.05, 0.1) is 0 Å². The molecule has 0 saturated carbocycles. The van der Waals surface area contributed by atoms with Crippen LogP contribution in [0.2, 0.25) is 0 Å². The quantitative estimate of drug-likeness (QED) is 0.769. The Hall–Kier alpha value is -0.860. The van der Waals surface area contributed by atoms with Crippen LogP contribution >= 0.6 is 15.9 Å². The molecule has 1 rings (SSSR count). The third-order valence-corrected chi connectivity index (χ3v) is 4.02. The average Bonchev–Trinajstić information content (AvgIpc) is 2.66. The van der Waals surface area contributed by atoms with Gasteiger partial charge >= 0.3 is 0 Å². The maximum Gasteiger partial charge on any atom is 0.287 e. The maximum absolute atomic E-state index is 11.6.